The molecule has 1 aliphatic rings. The molecule has 0 bridgehead atoms. The van der Waals surface area contributed by atoms with Gasteiger partial charge < -0.3 is 10.5 Å². The predicted octanol–water partition coefficient (Wildman–Crippen LogP) is 1.50. The summed E-state index contributed by atoms with van der Waals surface area (Å²) in [6.07, 6.45) is 2.28. The fraction of sp³-hybridized carbons (Fsp3) is 0.357. The Labute approximate surface area is 123 Å². The first-order valence-corrected chi connectivity index (χ1v) is 8.51. The lowest BCUT2D eigenvalue weighted by molar-refractivity contribution is 0.416. The number of hydrogen-bond donors (Lipinski definition) is 1. The monoisotopic (exact) mass is 307 g/mol. The standard InChI is InChI=1S/C14H17N3O3S/c1-20-13-5-3-2-4-11(13)14-12(15)8-17(16-14)10-6-7-21(18,19)9-10/h2-5,8,10H,6-7,9,15H2,1H3. The minimum atomic E-state index is -2.95. The van der Waals surface area contributed by atoms with Crippen molar-refractivity contribution in [2.75, 3.05) is 24.3 Å². The average Bonchev–Trinajstić information content (AvgIpc) is 3.01. The zero-order chi connectivity index (χ0) is 15.0. The van der Waals surface area contributed by atoms with Crippen molar-refractivity contribution in [1.82, 2.24) is 9.78 Å². The molecule has 2 N–H and O–H groups in total. The Balaban J connectivity index is 1.99. The van der Waals surface area contributed by atoms with Crippen molar-refractivity contribution in [3.63, 3.8) is 0 Å². The Kier molecular flexibility index (Phi) is 3.36. The molecule has 0 amide bonds. The van der Waals surface area contributed by atoms with E-state index in [0.717, 1.165) is 5.56 Å². The smallest absolute Gasteiger partial charge is 0.152 e. The van der Waals surface area contributed by atoms with Crippen LogP contribution in [-0.2, 0) is 9.84 Å². The third-order valence-electron chi connectivity index (χ3n) is 3.70. The van der Waals surface area contributed by atoms with Gasteiger partial charge in [0.05, 0.1) is 30.3 Å². The molecule has 7 heteroatoms. The van der Waals surface area contributed by atoms with E-state index in [4.69, 9.17) is 10.5 Å². The van der Waals surface area contributed by atoms with Gasteiger partial charge in [0, 0.05) is 11.8 Å². The number of nitrogens with two attached hydrogens (primary N) is 1. The van der Waals surface area contributed by atoms with Crippen LogP contribution in [0.3, 0.4) is 0 Å². The van der Waals surface area contributed by atoms with Gasteiger partial charge in [-0.1, -0.05) is 12.1 Å². The minimum absolute atomic E-state index is 0.124. The summed E-state index contributed by atoms with van der Waals surface area (Å²) in [4.78, 5) is 0. The maximum Gasteiger partial charge on any atom is 0.152 e. The van der Waals surface area contributed by atoms with E-state index in [1.807, 2.05) is 24.3 Å². The molecule has 1 aromatic carbocycles. The van der Waals surface area contributed by atoms with Gasteiger partial charge in [0.25, 0.3) is 0 Å². The fourth-order valence-electron chi connectivity index (χ4n) is 2.63. The average molecular weight is 307 g/mol. The number of methoxy groups -OCH3 is 1. The summed E-state index contributed by atoms with van der Waals surface area (Å²) in [5.74, 6) is 1.02. The Morgan fingerprint density at radius 1 is 1.38 bits per heavy atom. The largest absolute Gasteiger partial charge is 0.496 e. The number of aromatic nitrogens is 2. The van der Waals surface area contributed by atoms with E-state index in [0.29, 0.717) is 23.6 Å². The molecular formula is C14H17N3O3S. The van der Waals surface area contributed by atoms with Crippen molar-refractivity contribution in [2.45, 2.75) is 12.5 Å². The molecule has 2 heterocycles. The van der Waals surface area contributed by atoms with Gasteiger partial charge in [0.1, 0.15) is 11.4 Å². The molecule has 0 radical (unpaired) electrons. The van der Waals surface area contributed by atoms with Crippen LogP contribution >= 0.6 is 0 Å². The summed E-state index contributed by atoms with van der Waals surface area (Å²) >= 11 is 0. The van der Waals surface area contributed by atoms with Gasteiger partial charge in [-0.3, -0.25) is 4.68 Å². The highest BCUT2D eigenvalue weighted by Crippen LogP contribution is 2.34. The number of benzene rings is 1. The van der Waals surface area contributed by atoms with E-state index in [9.17, 15) is 8.42 Å². The number of ether oxygens (including phenoxy) is 1. The summed E-state index contributed by atoms with van der Waals surface area (Å²) in [5.41, 5.74) is 7.99. The fourth-order valence-corrected chi connectivity index (χ4v) is 4.33. The van der Waals surface area contributed by atoms with Crippen molar-refractivity contribution < 1.29 is 13.2 Å². The number of nitrogens with zero attached hydrogens (tertiary/aromatic N) is 2. The molecule has 21 heavy (non-hydrogen) atoms. The SMILES string of the molecule is COc1ccccc1-c1nn(C2CCS(=O)(=O)C2)cc1N. The van der Waals surface area contributed by atoms with Crippen LogP contribution in [0, 0.1) is 0 Å². The molecule has 1 unspecified atom stereocenters. The lowest BCUT2D eigenvalue weighted by Gasteiger charge is -2.08. The van der Waals surface area contributed by atoms with Gasteiger partial charge in [-0.05, 0) is 18.6 Å². The van der Waals surface area contributed by atoms with Crippen LogP contribution in [0.15, 0.2) is 30.5 Å². The van der Waals surface area contributed by atoms with Crippen LogP contribution in [0.4, 0.5) is 5.69 Å². The molecule has 1 fully saturated rings. The summed E-state index contributed by atoms with van der Waals surface area (Å²) in [6, 6.07) is 7.34. The van der Waals surface area contributed by atoms with Gasteiger partial charge >= 0.3 is 0 Å². The van der Waals surface area contributed by atoms with Crippen LogP contribution in [-0.4, -0.2) is 36.8 Å². The Hall–Kier alpha value is -2.02. The number of nitrogen functional groups attached to an aromatic ring is 1. The third-order valence-corrected chi connectivity index (χ3v) is 5.46. The van der Waals surface area contributed by atoms with Gasteiger partial charge in [0.15, 0.2) is 9.84 Å². The molecule has 1 aromatic heterocycles. The molecule has 1 saturated heterocycles. The Morgan fingerprint density at radius 3 is 2.81 bits per heavy atom. The first kappa shape index (κ1) is 13.9. The summed E-state index contributed by atoms with van der Waals surface area (Å²) in [5, 5.41) is 4.48. The van der Waals surface area contributed by atoms with E-state index in [-0.39, 0.29) is 17.5 Å². The van der Waals surface area contributed by atoms with Crippen LogP contribution in [0.25, 0.3) is 11.3 Å². The first-order chi connectivity index (χ1) is 10.00. The van der Waals surface area contributed by atoms with Crippen molar-refractivity contribution in [1.29, 1.82) is 0 Å². The second-order valence-electron chi connectivity index (χ2n) is 5.17. The van der Waals surface area contributed by atoms with E-state index >= 15 is 0 Å². The third kappa shape index (κ3) is 2.61. The summed E-state index contributed by atoms with van der Waals surface area (Å²) < 4.78 is 30.2. The van der Waals surface area contributed by atoms with Crippen molar-refractivity contribution >= 4 is 15.5 Å². The number of rotatable bonds is 3. The highest BCUT2D eigenvalue weighted by Gasteiger charge is 2.30. The normalized spacial score (nSPS) is 20.5. The topological polar surface area (TPSA) is 87.2 Å². The number of hydrogen-bond acceptors (Lipinski definition) is 5. The number of anilines is 1. The van der Waals surface area contributed by atoms with Crippen molar-refractivity contribution in [3.8, 4) is 17.0 Å². The van der Waals surface area contributed by atoms with E-state index < -0.39 is 9.84 Å². The van der Waals surface area contributed by atoms with E-state index in [2.05, 4.69) is 5.10 Å². The van der Waals surface area contributed by atoms with E-state index in [1.54, 1.807) is 18.0 Å². The number of para-hydroxylation sites is 1. The Bertz CT molecular complexity index is 768. The molecule has 112 valence electrons. The molecule has 2 aromatic rings. The molecule has 3 rings (SSSR count). The maximum absolute atomic E-state index is 11.6. The minimum Gasteiger partial charge on any atom is -0.496 e. The van der Waals surface area contributed by atoms with E-state index in [1.165, 1.54) is 0 Å². The van der Waals surface area contributed by atoms with Crippen LogP contribution in [0.2, 0.25) is 0 Å². The second kappa shape index (κ2) is 5.07. The molecule has 6 nitrogen and oxygen atoms in total. The van der Waals surface area contributed by atoms with Crippen LogP contribution < -0.4 is 10.5 Å². The van der Waals surface area contributed by atoms with Gasteiger partial charge in [-0.25, -0.2) is 8.42 Å². The highest BCUT2D eigenvalue weighted by molar-refractivity contribution is 7.91. The number of sulfone groups is 1. The first-order valence-electron chi connectivity index (χ1n) is 6.68. The predicted molar refractivity (Wildman–Crippen MR) is 80.9 cm³/mol. The van der Waals surface area contributed by atoms with Gasteiger partial charge in [-0.15, -0.1) is 0 Å². The zero-order valence-corrected chi connectivity index (χ0v) is 12.5. The quantitative estimate of drug-likeness (QED) is 0.928. The van der Waals surface area contributed by atoms with Crippen LogP contribution in [0.1, 0.15) is 12.5 Å². The molecule has 0 saturated carbocycles. The van der Waals surface area contributed by atoms with Gasteiger partial charge in [-0.2, -0.15) is 5.10 Å². The zero-order valence-electron chi connectivity index (χ0n) is 11.7. The maximum atomic E-state index is 11.6. The van der Waals surface area contributed by atoms with Crippen LogP contribution in [0.5, 0.6) is 5.75 Å². The van der Waals surface area contributed by atoms with Crippen molar-refractivity contribution in [2.24, 2.45) is 0 Å². The second-order valence-corrected chi connectivity index (χ2v) is 7.40. The molecular weight excluding hydrogens is 290 g/mol. The van der Waals surface area contributed by atoms with Crippen molar-refractivity contribution in [3.05, 3.63) is 30.5 Å². The summed E-state index contributed by atoms with van der Waals surface area (Å²) in [7, 11) is -1.36. The molecule has 1 aliphatic heterocycles. The van der Waals surface area contributed by atoms with Gasteiger partial charge in [0.2, 0.25) is 0 Å². The summed E-state index contributed by atoms with van der Waals surface area (Å²) in [6.45, 7) is 0. The highest BCUT2D eigenvalue weighted by atomic mass is 32.2. The molecule has 1 atom stereocenters. The lowest BCUT2D eigenvalue weighted by Crippen LogP contribution is -2.11. The lowest BCUT2D eigenvalue weighted by atomic mass is 10.1. The molecule has 0 aliphatic carbocycles. The molecule has 0 spiro atoms. The Morgan fingerprint density at radius 2 is 2.14 bits per heavy atom.